The van der Waals surface area contributed by atoms with Crippen LogP contribution in [0.25, 0.3) is 17.1 Å². The van der Waals surface area contributed by atoms with Crippen molar-refractivity contribution in [2.75, 3.05) is 7.11 Å². The quantitative estimate of drug-likeness (QED) is 0.335. The highest BCUT2D eigenvalue weighted by atomic mass is 32.2. The Bertz CT molecular complexity index is 1140. The van der Waals surface area contributed by atoms with Crippen LogP contribution >= 0.6 is 11.8 Å². The van der Waals surface area contributed by atoms with Gasteiger partial charge in [-0.15, -0.1) is 10.2 Å². The van der Waals surface area contributed by atoms with Crippen LogP contribution in [0.5, 0.6) is 0 Å². The molecule has 0 fully saturated rings. The van der Waals surface area contributed by atoms with Gasteiger partial charge in [0.15, 0.2) is 11.0 Å². The Balaban J connectivity index is 1.67. The van der Waals surface area contributed by atoms with Gasteiger partial charge in [-0.1, -0.05) is 53.7 Å². The second-order valence-corrected chi connectivity index (χ2v) is 7.34. The molecule has 7 heteroatoms. The van der Waals surface area contributed by atoms with E-state index in [1.54, 1.807) is 12.1 Å². The number of furan rings is 1. The van der Waals surface area contributed by atoms with Crippen LogP contribution < -0.4 is 0 Å². The number of hydrogen-bond donors (Lipinski definition) is 0. The Kier molecular flexibility index (Phi) is 5.48. The third-order valence-corrected chi connectivity index (χ3v) is 5.27. The molecule has 2 heterocycles. The summed E-state index contributed by atoms with van der Waals surface area (Å²) in [7, 11) is 1.33. The molecule has 0 radical (unpaired) electrons. The van der Waals surface area contributed by atoms with Crippen molar-refractivity contribution in [1.82, 2.24) is 14.8 Å². The van der Waals surface area contributed by atoms with Crippen molar-refractivity contribution >= 4 is 17.7 Å². The fraction of sp³-hybridized carbons (Fsp3) is 0.136. The average molecular weight is 405 g/mol. The maximum Gasteiger partial charge on any atom is 0.373 e. The number of methoxy groups -OCH3 is 1. The van der Waals surface area contributed by atoms with E-state index in [1.165, 1.54) is 18.9 Å². The van der Waals surface area contributed by atoms with Crippen LogP contribution in [0.3, 0.4) is 0 Å². The number of thioether (sulfide) groups is 1. The van der Waals surface area contributed by atoms with Crippen molar-refractivity contribution < 1.29 is 13.9 Å². The van der Waals surface area contributed by atoms with Crippen molar-refractivity contribution in [2.45, 2.75) is 17.8 Å². The van der Waals surface area contributed by atoms with Crippen LogP contribution in [0.1, 0.15) is 21.9 Å². The third-order valence-electron chi connectivity index (χ3n) is 4.32. The Morgan fingerprint density at radius 1 is 1.07 bits per heavy atom. The first-order chi connectivity index (χ1) is 14.2. The summed E-state index contributed by atoms with van der Waals surface area (Å²) >= 11 is 1.49. The number of aryl methyl sites for hydroxylation is 1. The van der Waals surface area contributed by atoms with E-state index < -0.39 is 5.97 Å². The molecule has 0 aliphatic carbocycles. The first kappa shape index (κ1) is 19.0. The lowest BCUT2D eigenvalue weighted by Crippen LogP contribution is -2.00. The molecule has 2 aromatic heterocycles. The summed E-state index contributed by atoms with van der Waals surface area (Å²) in [6, 6.07) is 21.6. The van der Waals surface area contributed by atoms with Crippen LogP contribution in [0.4, 0.5) is 0 Å². The normalized spacial score (nSPS) is 10.8. The van der Waals surface area contributed by atoms with E-state index in [2.05, 4.69) is 34.0 Å². The number of aromatic nitrogens is 3. The maximum atomic E-state index is 11.6. The SMILES string of the molecule is COC(=O)c1ccc(CSc2nnc(-c3cccc(C)c3)n2-c2ccccc2)o1. The molecule has 0 atom stereocenters. The second-order valence-electron chi connectivity index (χ2n) is 6.39. The van der Waals surface area contributed by atoms with Crippen molar-refractivity contribution in [2.24, 2.45) is 0 Å². The van der Waals surface area contributed by atoms with E-state index >= 15 is 0 Å². The number of benzene rings is 2. The molecule has 146 valence electrons. The number of nitrogens with zero attached hydrogens (tertiary/aromatic N) is 3. The summed E-state index contributed by atoms with van der Waals surface area (Å²) < 4.78 is 12.3. The highest BCUT2D eigenvalue weighted by Crippen LogP contribution is 2.30. The van der Waals surface area contributed by atoms with Gasteiger partial charge in [-0.3, -0.25) is 4.57 Å². The van der Waals surface area contributed by atoms with Crippen molar-refractivity contribution in [3.8, 4) is 17.1 Å². The molecule has 0 saturated heterocycles. The van der Waals surface area contributed by atoms with Gasteiger partial charge < -0.3 is 9.15 Å². The van der Waals surface area contributed by atoms with Gasteiger partial charge in [0, 0.05) is 11.3 Å². The zero-order valence-corrected chi connectivity index (χ0v) is 16.8. The standard InChI is InChI=1S/C22H19N3O3S/c1-15-7-6-8-16(13-15)20-23-24-22(25(20)17-9-4-3-5-10-17)29-14-18-11-12-19(28-18)21(26)27-2/h3-13H,14H2,1-2H3. The highest BCUT2D eigenvalue weighted by Gasteiger charge is 2.17. The molecule has 6 nitrogen and oxygen atoms in total. The van der Waals surface area contributed by atoms with Gasteiger partial charge >= 0.3 is 5.97 Å². The van der Waals surface area contributed by atoms with Gasteiger partial charge in [-0.25, -0.2) is 4.79 Å². The van der Waals surface area contributed by atoms with E-state index in [9.17, 15) is 4.79 Å². The molecular formula is C22H19N3O3S. The molecule has 0 saturated carbocycles. The Hall–Kier alpha value is -3.32. The van der Waals surface area contributed by atoms with Crippen LogP contribution in [-0.4, -0.2) is 27.8 Å². The Labute approximate surface area is 172 Å². The summed E-state index contributed by atoms with van der Waals surface area (Å²) in [5, 5.41) is 9.60. The largest absolute Gasteiger partial charge is 0.463 e. The predicted molar refractivity (Wildman–Crippen MR) is 111 cm³/mol. The summed E-state index contributed by atoms with van der Waals surface area (Å²) in [6.45, 7) is 2.05. The molecule has 0 aliphatic heterocycles. The van der Waals surface area contributed by atoms with Crippen LogP contribution in [0, 0.1) is 6.92 Å². The fourth-order valence-corrected chi connectivity index (χ4v) is 3.79. The molecular weight excluding hydrogens is 386 g/mol. The smallest absolute Gasteiger partial charge is 0.373 e. The summed E-state index contributed by atoms with van der Waals surface area (Å²) in [5.74, 6) is 1.64. The predicted octanol–water partition coefficient (Wildman–Crippen LogP) is 4.91. The number of rotatable bonds is 6. The molecule has 2 aromatic carbocycles. The second kappa shape index (κ2) is 8.36. The van der Waals surface area contributed by atoms with E-state index in [4.69, 9.17) is 4.42 Å². The Morgan fingerprint density at radius 3 is 2.66 bits per heavy atom. The summed E-state index contributed by atoms with van der Waals surface area (Å²) in [6.07, 6.45) is 0. The molecule has 0 N–H and O–H groups in total. The van der Waals surface area contributed by atoms with Gasteiger partial charge in [-0.2, -0.15) is 0 Å². The molecule has 0 aliphatic rings. The first-order valence-corrected chi connectivity index (χ1v) is 10.0. The minimum Gasteiger partial charge on any atom is -0.463 e. The van der Waals surface area contributed by atoms with Gasteiger partial charge in [0.05, 0.1) is 12.9 Å². The van der Waals surface area contributed by atoms with Gasteiger partial charge in [0.2, 0.25) is 5.76 Å². The van der Waals surface area contributed by atoms with Crippen molar-refractivity contribution in [1.29, 1.82) is 0 Å². The minimum atomic E-state index is -0.490. The molecule has 0 unspecified atom stereocenters. The third kappa shape index (κ3) is 4.09. The van der Waals surface area contributed by atoms with Crippen LogP contribution in [0.2, 0.25) is 0 Å². The minimum absolute atomic E-state index is 0.188. The number of esters is 1. The summed E-state index contributed by atoms with van der Waals surface area (Å²) in [4.78, 5) is 11.6. The van der Waals surface area contributed by atoms with Crippen LogP contribution in [0.15, 0.2) is 76.3 Å². The lowest BCUT2D eigenvalue weighted by atomic mass is 10.1. The van der Waals surface area contributed by atoms with Crippen molar-refractivity contribution in [3.05, 3.63) is 83.8 Å². The monoisotopic (exact) mass is 405 g/mol. The lowest BCUT2D eigenvalue weighted by molar-refractivity contribution is 0.0563. The fourth-order valence-electron chi connectivity index (χ4n) is 2.95. The van der Waals surface area contributed by atoms with E-state index in [1.807, 2.05) is 47.0 Å². The van der Waals surface area contributed by atoms with Gasteiger partial charge in [-0.05, 0) is 37.3 Å². The average Bonchev–Trinajstić information content (AvgIpc) is 3.39. The number of para-hydroxylation sites is 1. The number of ether oxygens (including phenoxy) is 1. The zero-order valence-electron chi connectivity index (χ0n) is 16.0. The van der Waals surface area contributed by atoms with E-state index in [0.717, 1.165) is 27.8 Å². The van der Waals surface area contributed by atoms with Gasteiger partial charge in [0.1, 0.15) is 5.76 Å². The Morgan fingerprint density at radius 2 is 1.90 bits per heavy atom. The first-order valence-electron chi connectivity index (χ1n) is 9.03. The number of carbonyl (C=O) groups is 1. The summed E-state index contributed by atoms with van der Waals surface area (Å²) in [5.41, 5.74) is 3.13. The highest BCUT2D eigenvalue weighted by molar-refractivity contribution is 7.98. The molecule has 29 heavy (non-hydrogen) atoms. The molecule has 0 spiro atoms. The zero-order chi connectivity index (χ0) is 20.2. The molecule has 4 aromatic rings. The van der Waals surface area contributed by atoms with E-state index in [0.29, 0.717) is 11.5 Å². The number of hydrogen-bond acceptors (Lipinski definition) is 6. The topological polar surface area (TPSA) is 70.2 Å². The van der Waals surface area contributed by atoms with Crippen LogP contribution in [-0.2, 0) is 10.5 Å². The molecule has 0 bridgehead atoms. The van der Waals surface area contributed by atoms with Gasteiger partial charge in [0.25, 0.3) is 0 Å². The number of carbonyl (C=O) groups excluding carboxylic acids is 1. The molecule has 0 amide bonds. The van der Waals surface area contributed by atoms with Crippen molar-refractivity contribution in [3.63, 3.8) is 0 Å². The van der Waals surface area contributed by atoms with E-state index in [-0.39, 0.29) is 5.76 Å². The lowest BCUT2D eigenvalue weighted by Gasteiger charge is -2.10. The maximum absolute atomic E-state index is 11.6. The molecule has 4 rings (SSSR count).